The van der Waals surface area contributed by atoms with E-state index in [1.165, 1.54) is 23.3 Å². The normalized spacial score (nSPS) is 20.7. The number of hydrogen-bond donors (Lipinski definition) is 1. The number of amides is 2. The minimum atomic E-state index is -1.15. The van der Waals surface area contributed by atoms with Crippen molar-refractivity contribution >= 4 is 44.8 Å². The molecule has 38 heavy (non-hydrogen) atoms. The van der Waals surface area contributed by atoms with E-state index in [-0.39, 0.29) is 23.8 Å². The fraction of sp³-hybridized carbons (Fsp3) is 0.259. The van der Waals surface area contributed by atoms with Crippen LogP contribution in [0.2, 0.25) is 0 Å². The van der Waals surface area contributed by atoms with Crippen molar-refractivity contribution < 1.29 is 29.2 Å². The molecule has 3 aromatic carbocycles. The Bertz CT molecular complexity index is 1430. The molecular weight excluding hydrogens is 558 g/mol. The van der Waals surface area contributed by atoms with Gasteiger partial charge in [0.15, 0.2) is 17.6 Å². The Morgan fingerprint density at radius 2 is 1.79 bits per heavy atom. The van der Waals surface area contributed by atoms with Gasteiger partial charge in [-0.2, -0.15) is 0 Å². The van der Waals surface area contributed by atoms with Crippen molar-refractivity contribution in [2.24, 2.45) is 5.92 Å². The van der Waals surface area contributed by atoms with Crippen molar-refractivity contribution in [3.8, 4) is 11.5 Å². The van der Waals surface area contributed by atoms with Gasteiger partial charge in [-0.3, -0.25) is 24.5 Å². The van der Waals surface area contributed by atoms with E-state index in [1.54, 1.807) is 37.3 Å². The lowest BCUT2D eigenvalue weighted by Gasteiger charge is -2.29. The van der Waals surface area contributed by atoms with Crippen molar-refractivity contribution in [1.82, 2.24) is 0 Å². The number of aromatic hydroxyl groups is 1. The van der Waals surface area contributed by atoms with Gasteiger partial charge in [0.05, 0.1) is 33.4 Å². The quantitative estimate of drug-likeness (QED) is 0.233. The van der Waals surface area contributed by atoms with Crippen LogP contribution in [0.4, 0.5) is 17.1 Å². The van der Waals surface area contributed by atoms with E-state index < -0.39 is 34.8 Å². The molecule has 10 nitrogen and oxygen atoms in total. The van der Waals surface area contributed by atoms with Crippen molar-refractivity contribution in [3.05, 3.63) is 86.4 Å². The van der Waals surface area contributed by atoms with Gasteiger partial charge in [0.2, 0.25) is 5.91 Å². The Hall–Kier alpha value is -3.96. The third-order valence-electron chi connectivity index (χ3n) is 6.71. The van der Waals surface area contributed by atoms with E-state index in [9.17, 15) is 24.8 Å². The molecule has 0 aliphatic carbocycles. The van der Waals surface area contributed by atoms with Gasteiger partial charge in [-0.1, -0.05) is 25.1 Å². The highest BCUT2D eigenvalue weighted by Crippen LogP contribution is 2.50. The predicted octanol–water partition coefficient (Wildman–Crippen LogP) is 5.08. The average Bonchev–Trinajstić information content (AvgIpc) is 3.42. The van der Waals surface area contributed by atoms with Crippen LogP contribution in [0, 0.1) is 16.0 Å². The van der Waals surface area contributed by atoms with E-state index in [1.807, 2.05) is 19.1 Å². The largest absolute Gasteiger partial charge is 0.503 e. The minimum Gasteiger partial charge on any atom is -0.503 e. The first kappa shape index (κ1) is 25.7. The van der Waals surface area contributed by atoms with Crippen LogP contribution in [0.1, 0.15) is 31.0 Å². The number of benzene rings is 3. The number of nitrogens with zero attached hydrogens (tertiary/aromatic N) is 3. The van der Waals surface area contributed by atoms with Crippen LogP contribution in [0.5, 0.6) is 11.5 Å². The number of phenolic OH excluding ortho intramolecular Hbond substituents is 1. The highest BCUT2D eigenvalue weighted by atomic mass is 79.9. The molecule has 2 aliphatic rings. The number of halogens is 1. The van der Waals surface area contributed by atoms with Crippen LogP contribution in [0.25, 0.3) is 0 Å². The van der Waals surface area contributed by atoms with Gasteiger partial charge in [-0.25, -0.2) is 9.96 Å². The summed E-state index contributed by atoms with van der Waals surface area (Å²) in [6, 6.07) is 15.3. The number of anilines is 2. The van der Waals surface area contributed by atoms with E-state index in [0.717, 1.165) is 16.9 Å². The second kappa shape index (κ2) is 10.1. The number of imide groups is 1. The fourth-order valence-corrected chi connectivity index (χ4v) is 5.35. The lowest BCUT2D eigenvalue weighted by atomic mass is 9.90. The lowest BCUT2D eigenvalue weighted by Crippen LogP contribution is -2.37. The number of hydrogen-bond acceptors (Lipinski definition) is 8. The second-order valence-corrected chi connectivity index (χ2v) is 9.77. The third kappa shape index (κ3) is 4.27. The highest BCUT2D eigenvalue weighted by Gasteiger charge is 2.60. The first-order valence-electron chi connectivity index (χ1n) is 12.1. The number of carbonyl (C=O) groups excluding carboxylic acids is 2. The second-order valence-electron chi connectivity index (χ2n) is 8.91. The summed E-state index contributed by atoms with van der Waals surface area (Å²) in [5.41, 5.74) is 2.16. The number of aryl methyl sites for hydroxylation is 1. The van der Waals surface area contributed by atoms with Crippen molar-refractivity contribution in [1.29, 1.82) is 0 Å². The maximum absolute atomic E-state index is 13.8. The number of phenols is 1. The van der Waals surface area contributed by atoms with Crippen molar-refractivity contribution in [2.75, 3.05) is 16.6 Å². The number of fused-ring (bicyclic) bond motifs is 1. The van der Waals surface area contributed by atoms with Crippen molar-refractivity contribution in [2.45, 2.75) is 32.4 Å². The molecule has 0 spiro atoms. The number of non-ortho nitro benzene ring substituents is 1. The highest BCUT2D eigenvalue weighted by molar-refractivity contribution is 9.10. The van der Waals surface area contributed by atoms with Gasteiger partial charge >= 0.3 is 0 Å². The smallest absolute Gasteiger partial charge is 0.271 e. The van der Waals surface area contributed by atoms with Gasteiger partial charge in [0.25, 0.3) is 11.6 Å². The molecule has 0 aromatic heterocycles. The predicted molar refractivity (Wildman–Crippen MR) is 142 cm³/mol. The zero-order valence-corrected chi connectivity index (χ0v) is 22.1. The molecule has 2 saturated heterocycles. The molecule has 2 amide bonds. The lowest BCUT2D eigenvalue weighted by molar-refractivity contribution is -0.384. The molecule has 1 N–H and O–H groups in total. The zero-order valence-electron chi connectivity index (χ0n) is 20.5. The fourth-order valence-electron chi connectivity index (χ4n) is 4.89. The zero-order chi connectivity index (χ0) is 27.1. The average molecular weight is 582 g/mol. The van der Waals surface area contributed by atoms with Crippen molar-refractivity contribution in [3.63, 3.8) is 0 Å². The summed E-state index contributed by atoms with van der Waals surface area (Å²) >= 11 is 3.34. The van der Waals surface area contributed by atoms with Gasteiger partial charge in [0, 0.05) is 12.1 Å². The summed E-state index contributed by atoms with van der Waals surface area (Å²) in [5, 5.41) is 23.3. The Morgan fingerprint density at radius 1 is 1.05 bits per heavy atom. The number of rotatable bonds is 7. The molecule has 2 aliphatic heterocycles. The number of ether oxygens (including phenoxy) is 1. The summed E-state index contributed by atoms with van der Waals surface area (Å²) in [6.45, 7) is 4.06. The maximum atomic E-state index is 13.8. The van der Waals surface area contributed by atoms with E-state index in [2.05, 4.69) is 15.9 Å². The SMILES string of the molecule is CCOc1cc(C2C3C(=O)N(c4ccc(CC)cc4)C(=O)C3ON2c2cccc([N+](=O)[O-])c2)cc(Br)c1O. The third-order valence-corrected chi connectivity index (χ3v) is 7.31. The maximum Gasteiger partial charge on any atom is 0.271 e. The van der Waals surface area contributed by atoms with Crippen LogP contribution >= 0.6 is 15.9 Å². The number of nitro groups is 1. The van der Waals surface area contributed by atoms with Gasteiger partial charge in [-0.15, -0.1) is 0 Å². The van der Waals surface area contributed by atoms with Gasteiger partial charge in [-0.05, 0) is 70.7 Å². The molecule has 2 fully saturated rings. The van der Waals surface area contributed by atoms with Crippen LogP contribution in [0.15, 0.2) is 65.1 Å². The Kier molecular flexibility index (Phi) is 6.80. The summed E-state index contributed by atoms with van der Waals surface area (Å²) in [5.74, 6) is -1.87. The molecule has 0 saturated carbocycles. The molecule has 5 rings (SSSR count). The number of carbonyl (C=O) groups is 2. The van der Waals surface area contributed by atoms with Crippen LogP contribution in [-0.2, 0) is 20.8 Å². The summed E-state index contributed by atoms with van der Waals surface area (Å²) < 4.78 is 5.91. The molecule has 2 heterocycles. The molecular formula is C27H24BrN3O7. The van der Waals surface area contributed by atoms with Gasteiger partial charge < -0.3 is 9.84 Å². The number of hydroxylamine groups is 1. The first-order valence-corrected chi connectivity index (χ1v) is 12.9. The Morgan fingerprint density at radius 3 is 2.45 bits per heavy atom. The Balaban J connectivity index is 1.62. The van der Waals surface area contributed by atoms with Crippen LogP contribution in [0.3, 0.4) is 0 Å². The molecule has 0 radical (unpaired) electrons. The topological polar surface area (TPSA) is 122 Å². The van der Waals surface area contributed by atoms with Gasteiger partial charge in [0.1, 0.15) is 5.92 Å². The summed E-state index contributed by atoms with van der Waals surface area (Å²) in [7, 11) is 0. The Labute approximate surface area is 226 Å². The standard InChI is InChI=1S/C27H24BrN3O7/c1-3-15-8-10-17(11-9-15)29-26(33)22-23(16-12-20(28)24(32)21(13-16)37-4-2)30(38-25(22)27(29)34)18-6-5-7-19(14-18)31(35)36/h5-14,22-23,25,32H,3-4H2,1-2H3. The molecule has 3 atom stereocenters. The first-order chi connectivity index (χ1) is 18.2. The molecule has 3 aromatic rings. The monoisotopic (exact) mass is 581 g/mol. The summed E-state index contributed by atoms with van der Waals surface area (Å²) in [4.78, 5) is 45.5. The molecule has 11 heteroatoms. The molecule has 3 unspecified atom stereocenters. The molecule has 196 valence electrons. The number of nitro benzene ring substituents is 1. The van der Waals surface area contributed by atoms with E-state index in [4.69, 9.17) is 9.57 Å². The van der Waals surface area contributed by atoms with Crippen LogP contribution < -0.4 is 14.7 Å². The van der Waals surface area contributed by atoms with E-state index in [0.29, 0.717) is 21.4 Å². The molecule has 0 bridgehead atoms. The van der Waals surface area contributed by atoms with E-state index >= 15 is 0 Å². The minimum absolute atomic E-state index is 0.112. The summed E-state index contributed by atoms with van der Waals surface area (Å²) in [6.07, 6.45) is -0.338. The van der Waals surface area contributed by atoms with Crippen LogP contribution in [-0.4, -0.2) is 34.6 Å².